The van der Waals surface area contributed by atoms with Crippen LogP contribution in [0, 0.1) is 5.92 Å². The molecule has 20 heavy (non-hydrogen) atoms. The Bertz CT molecular complexity index is 487. The summed E-state index contributed by atoms with van der Waals surface area (Å²) in [6.45, 7) is 3.36. The molecule has 0 radical (unpaired) electrons. The van der Waals surface area contributed by atoms with Crippen LogP contribution < -0.4 is 5.32 Å². The molecule has 0 bridgehead atoms. The molecule has 1 N–H and O–H groups in total. The summed E-state index contributed by atoms with van der Waals surface area (Å²) in [5.41, 5.74) is 0.707. The van der Waals surface area contributed by atoms with Crippen molar-refractivity contribution in [3.05, 3.63) is 29.3 Å². The van der Waals surface area contributed by atoms with Gasteiger partial charge in [-0.05, 0) is 30.7 Å². The molecule has 1 aromatic rings. The molecule has 1 aromatic carbocycles. The van der Waals surface area contributed by atoms with Gasteiger partial charge in [-0.2, -0.15) is 0 Å². The van der Waals surface area contributed by atoms with Crippen molar-refractivity contribution in [1.82, 2.24) is 4.90 Å². The van der Waals surface area contributed by atoms with Gasteiger partial charge in [-0.1, -0.05) is 24.9 Å². The van der Waals surface area contributed by atoms with Crippen molar-refractivity contribution >= 4 is 29.1 Å². The minimum absolute atomic E-state index is 0.0784. The Morgan fingerprint density at radius 3 is 2.75 bits per heavy atom. The van der Waals surface area contributed by atoms with Crippen molar-refractivity contribution < 1.29 is 9.59 Å². The molecular weight excluding hydrogens is 276 g/mol. The second-order valence-electron chi connectivity index (χ2n) is 5.09. The van der Waals surface area contributed by atoms with Crippen LogP contribution in [0.1, 0.15) is 26.2 Å². The summed E-state index contributed by atoms with van der Waals surface area (Å²) in [4.78, 5) is 25.7. The standard InChI is InChI=1S/C15H19ClN2O2/c1-2-3-8-18-10-11(9-14(18)19)15(20)17-13-6-4-12(16)5-7-13/h4-7,11H,2-3,8-10H2,1H3,(H,17,20). The molecule has 108 valence electrons. The summed E-state index contributed by atoms with van der Waals surface area (Å²) in [5.74, 6) is -0.274. The lowest BCUT2D eigenvalue weighted by atomic mass is 10.1. The quantitative estimate of drug-likeness (QED) is 0.908. The monoisotopic (exact) mass is 294 g/mol. The van der Waals surface area contributed by atoms with Crippen LogP contribution in [0.3, 0.4) is 0 Å². The van der Waals surface area contributed by atoms with Gasteiger partial charge in [-0.3, -0.25) is 9.59 Å². The van der Waals surface area contributed by atoms with Crippen molar-refractivity contribution in [2.24, 2.45) is 5.92 Å². The van der Waals surface area contributed by atoms with Crippen LogP contribution >= 0.6 is 11.6 Å². The SMILES string of the molecule is CCCCN1CC(C(=O)Nc2ccc(Cl)cc2)CC1=O. The molecule has 0 spiro atoms. The van der Waals surface area contributed by atoms with E-state index in [1.54, 1.807) is 29.2 Å². The highest BCUT2D eigenvalue weighted by atomic mass is 35.5. The van der Waals surface area contributed by atoms with Crippen LogP contribution in [0.5, 0.6) is 0 Å². The van der Waals surface area contributed by atoms with Gasteiger partial charge < -0.3 is 10.2 Å². The van der Waals surface area contributed by atoms with Gasteiger partial charge in [0.1, 0.15) is 0 Å². The molecule has 1 heterocycles. The highest BCUT2D eigenvalue weighted by Gasteiger charge is 2.33. The second kappa shape index (κ2) is 6.75. The van der Waals surface area contributed by atoms with E-state index in [4.69, 9.17) is 11.6 Å². The molecule has 1 aliphatic rings. The van der Waals surface area contributed by atoms with E-state index in [0.29, 0.717) is 23.7 Å². The molecule has 1 saturated heterocycles. The molecule has 1 fully saturated rings. The topological polar surface area (TPSA) is 49.4 Å². The van der Waals surface area contributed by atoms with Crippen molar-refractivity contribution in [3.8, 4) is 0 Å². The van der Waals surface area contributed by atoms with E-state index in [1.165, 1.54) is 0 Å². The summed E-state index contributed by atoms with van der Waals surface area (Å²) >= 11 is 5.80. The van der Waals surface area contributed by atoms with Crippen LogP contribution in [0.25, 0.3) is 0 Å². The van der Waals surface area contributed by atoms with Gasteiger partial charge in [0, 0.05) is 30.2 Å². The Morgan fingerprint density at radius 1 is 1.40 bits per heavy atom. The van der Waals surface area contributed by atoms with E-state index in [2.05, 4.69) is 12.2 Å². The molecule has 0 saturated carbocycles. The first kappa shape index (κ1) is 14.9. The molecule has 2 amide bonds. The Kier molecular flexibility index (Phi) is 5.01. The van der Waals surface area contributed by atoms with Gasteiger partial charge in [0.25, 0.3) is 0 Å². The summed E-state index contributed by atoms with van der Waals surface area (Å²) in [6.07, 6.45) is 2.34. The van der Waals surface area contributed by atoms with Crippen LogP contribution in [-0.4, -0.2) is 29.8 Å². The van der Waals surface area contributed by atoms with Gasteiger partial charge in [-0.25, -0.2) is 0 Å². The number of unbranched alkanes of at least 4 members (excludes halogenated alkanes) is 1. The third-order valence-electron chi connectivity index (χ3n) is 3.48. The normalized spacial score (nSPS) is 18.4. The fraction of sp³-hybridized carbons (Fsp3) is 0.467. The van der Waals surface area contributed by atoms with Crippen molar-refractivity contribution in [2.75, 3.05) is 18.4 Å². The number of carbonyl (C=O) groups excluding carboxylic acids is 2. The van der Waals surface area contributed by atoms with Gasteiger partial charge in [0.15, 0.2) is 0 Å². The average Bonchev–Trinajstić information content (AvgIpc) is 2.80. The maximum absolute atomic E-state index is 12.1. The lowest BCUT2D eigenvalue weighted by Crippen LogP contribution is -2.29. The summed E-state index contributed by atoms with van der Waals surface area (Å²) in [5, 5.41) is 3.46. The first-order valence-electron chi connectivity index (χ1n) is 6.94. The number of amides is 2. The largest absolute Gasteiger partial charge is 0.342 e. The Balaban J connectivity index is 1.90. The number of benzene rings is 1. The smallest absolute Gasteiger partial charge is 0.229 e. The lowest BCUT2D eigenvalue weighted by Gasteiger charge is -2.15. The molecule has 0 aliphatic carbocycles. The van der Waals surface area contributed by atoms with E-state index in [-0.39, 0.29) is 17.7 Å². The van der Waals surface area contributed by atoms with Gasteiger partial charge in [0.2, 0.25) is 11.8 Å². The van der Waals surface area contributed by atoms with E-state index in [1.807, 2.05) is 0 Å². The fourth-order valence-corrected chi connectivity index (χ4v) is 2.42. The maximum Gasteiger partial charge on any atom is 0.229 e. The first-order valence-corrected chi connectivity index (χ1v) is 7.32. The molecule has 2 rings (SSSR count). The third-order valence-corrected chi connectivity index (χ3v) is 3.73. The second-order valence-corrected chi connectivity index (χ2v) is 5.53. The Hall–Kier alpha value is -1.55. The number of nitrogens with zero attached hydrogens (tertiary/aromatic N) is 1. The number of carbonyl (C=O) groups is 2. The van der Waals surface area contributed by atoms with Crippen molar-refractivity contribution in [1.29, 1.82) is 0 Å². The molecular formula is C15H19ClN2O2. The molecule has 1 atom stereocenters. The number of likely N-dealkylation sites (tertiary alicyclic amines) is 1. The molecule has 5 heteroatoms. The zero-order valence-electron chi connectivity index (χ0n) is 11.6. The van der Waals surface area contributed by atoms with E-state index in [9.17, 15) is 9.59 Å². The average molecular weight is 295 g/mol. The van der Waals surface area contributed by atoms with E-state index >= 15 is 0 Å². The molecule has 0 aromatic heterocycles. The predicted octanol–water partition coefficient (Wildman–Crippen LogP) is 2.93. The lowest BCUT2D eigenvalue weighted by molar-refractivity contribution is -0.128. The highest BCUT2D eigenvalue weighted by Crippen LogP contribution is 2.21. The van der Waals surface area contributed by atoms with Crippen LogP contribution in [0.2, 0.25) is 5.02 Å². The number of anilines is 1. The minimum atomic E-state index is -0.255. The van der Waals surface area contributed by atoms with Gasteiger partial charge >= 0.3 is 0 Å². The summed E-state index contributed by atoms with van der Waals surface area (Å²) in [6, 6.07) is 6.97. The number of hydrogen-bond donors (Lipinski definition) is 1. The zero-order chi connectivity index (χ0) is 14.5. The van der Waals surface area contributed by atoms with Crippen molar-refractivity contribution in [3.63, 3.8) is 0 Å². The summed E-state index contributed by atoms with van der Waals surface area (Å²) < 4.78 is 0. The number of rotatable bonds is 5. The number of hydrogen-bond acceptors (Lipinski definition) is 2. The first-order chi connectivity index (χ1) is 9.60. The van der Waals surface area contributed by atoms with Gasteiger partial charge in [0.05, 0.1) is 5.92 Å². The minimum Gasteiger partial charge on any atom is -0.342 e. The van der Waals surface area contributed by atoms with E-state index < -0.39 is 0 Å². The summed E-state index contributed by atoms with van der Waals surface area (Å²) in [7, 11) is 0. The Labute approximate surface area is 124 Å². The molecule has 1 aliphatic heterocycles. The van der Waals surface area contributed by atoms with Gasteiger partial charge in [-0.15, -0.1) is 0 Å². The molecule has 4 nitrogen and oxygen atoms in total. The van der Waals surface area contributed by atoms with E-state index in [0.717, 1.165) is 19.4 Å². The third kappa shape index (κ3) is 3.73. The number of nitrogens with one attached hydrogen (secondary N) is 1. The van der Waals surface area contributed by atoms with Crippen molar-refractivity contribution in [2.45, 2.75) is 26.2 Å². The zero-order valence-corrected chi connectivity index (χ0v) is 12.3. The molecule has 1 unspecified atom stereocenters. The van der Waals surface area contributed by atoms with Crippen LogP contribution in [0.4, 0.5) is 5.69 Å². The number of halogens is 1. The van der Waals surface area contributed by atoms with Crippen LogP contribution in [-0.2, 0) is 9.59 Å². The predicted molar refractivity (Wildman–Crippen MR) is 79.7 cm³/mol. The maximum atomic E-state index is 12.1. The Morgan fingerprint density at radius 2 is 2.10 bits per heavy atom. The fourth-order valence-electron chi connectivity index (χ4n) is 2.29. The highest BCUT2D eigenvalue weighted by molar-refractivity contribution is 6.30. The van der Waals surface area contributed by atoms with Crippen LogP contribution in [0.15, 0.2) is 24.3 Å².